The Bertz CT molecular complexity index is 490. The fourth-order valence-corrected chi connectivity index (χ4v) is 2.51. The number of nitrogens with two attached hydrogens (primary N) is 1. The summed E-state index contributed by atoms with van der Waals surface area (Å²) in [5, 5.41) is 2.87. The van der Waals surface area contributed by atoms with Crippen LogP contribution in [0, 0.1) is 0 Å². The zero-order valence-corrected chi connectivity index (χ0v) is 11.7. The van der Waals surface area contributed by atoms with Crippen LogP contribution in [0.15, 0.2) is 12.3 Å². The molecule has 6 heteroatoms. The summed E-state index contributed by atoms with van der Waals surface area (Å²) < 4.78 is 6.73. The number of hydrogen-bond donors (Lipinski definition) is 2. The van der Waals surface area contributed by atoms with Crippen LogP contribution in [0.3, 0.4) is 0 Å². The summed E-state index contributed by atoms with van der Waals surface area (Å²) in [4.78, 5) is 23.6. The Kier molecular flexibility index (Phi) is 4.65. The number of nitrogens with zero attached hydrogens (tertiary/aromatic N) is 1. The van der Waals surface area contributed by atoms with Gasteiger partial charge in [-0.2, -0.15) is 0 Å². The molecule has 1 amide bonds. The van der Waals surface area contributed by atoms with Crippen LogP contribution in [-0.2, 0) is 16.1 Å². The van der Waals surface area contributed by atoms with Crippen molar-refractivity contribution in [2.45, 2.75) is 45.2 Å². The molecule has 2 rings (SSSR count). The molecule has 0 unspecified atom stereocenters. The molecule has 0 atom stereocenters. The first kappa shape index (κ1) is 14.4. The van der Waals surface area contributed by atoms with Crippen molar-refractivity contribution in [2.75, 3.05) is 12.3 Å². The average Bonchev–Trinajstić information content (AvgIpc) is 3.05. The van der Waals surface area contributed by atoms with Gasteiger partial charge in [-0.15, -0.1) is 0 Å². The summed E-state index contributed by atoms with van der Waals surface area (Å²) in [6.45, 7) is 2.28. The van der Waals surface area contributed by atoms with E-state index in [4.69, 9.17) is 10.5 Å². The quantitative estimate of drug-likeness (QED) is 0.796. The van der Waals surface area contributed by atoms with Gasteiger partial charge in [-0.3, -0.25) is 4.79 Å². The van der Waals surface area contributed by atoms with E-state index in [1.54, 1.807) is 16.8 Å². The molecule has 6 nitrogen and oxygen atoms in total. The van der Waals surface area contributed by atoms with E-state index in [-0.39, 0.29) is 18.6 Å². The molecule has 3 N–H and O–H groups in total. The van der Waals surface area contributed by atoms with Crippen LogP contribution in [0.5, 0.6) is 0 Å². The summed E-state index contributed by atoms with van der Waals surface area (Å²) >= 11 is 0. The molecule has 1 aliphatic carbocycles. The van der Waals surface area contributed by atoms with Crippen molar-refractivity contribution in [3.8, 4) is 0 Å². The third kappa shape index (κ3) is 3.53. The van der Waals surface area contributed by atoms with Gasteiger partial charge in [0, 0.05) is 18.8 Å². The van der Waals surface area contributed by atoms with Gasteiger partial charge in [-0.1, -0.05) is 12.8 Å². The van der Waals surface area contributed by atoms with Crippen molar-refractivity contribution in [2.24, 2.45) is 0 Å². The van der Waals surface area contributed by atoms with Crippen molar-refractivity contribution < 1.29 is 14.3 Å². The minimum absolute atomic E-state index is 0.233. The Balaban J connectivity index is 1.83. The Morgan fingerprint density at radius 1 is 1.45 bits per heavy atom. The van der Waals surface area contributed by atoms with Crippen LogP contribution in [0.2, 0.25) is 0 Å². The highest BCUT2D eigenvalue weighted by atomic mass is 16.5. The van der Waals surface area contributed by atoms with Crippen LogP contribution < -0.4 is 11.1 Å². The molecule has 0 aromatic carbocycles. The third-order valence-corrected chi connectivity index (χ3v) is 3.52. The average molecular weight is 279 g/mol. The molecule has 1 saturated carbocycles. The van der Waals surface area contributed by atoms with Gasteiger partial charge >= 0.3 is 5.97 Å². The minimum atomic E-state index is -0.523. The SMILES string of the molecule is CCn1cc(N)cc1C(=O)OCC(=O)NC1CCCC1. The molecule has 1 heterocycles. The molecule has 0 bridgehead atoms. The molecule has 0 saturated heterocycles. The highest BCUT2D eigenvalue weighted by Crippen LogP contribution is 2.17. The number of anilines is 1. The maximum Gasteiger partial charge on any atom is 0.355 e. The Morgan fingerprint density at radius 3 is 2.80 bits per heavy atom. The summed E-state index contributed by atoms with van der Waals surface area (Å²) in [6, 6.07) is 1.79. The molecule has 1 aromatic rings. The van der Waals surface area contributed by atoms with E-state index in [1.165, 1.54) is 0 Å². The Hall–Kier alpha value is -1.98. The number of aromatic nitrogens is 1. The standard InChI is InChI=1S/C14H21N3O3/c1-2-17-8-10(15)7-12(17)14(19)20-9-13(18)16-11-5-3-4-6-11/h7-8,11H,2-6,9,15H2,1H3,(H,16,18). The van der Waals surface area contributed by atoms with Crippen molar-refractivity contribution in [1.29, 1.82) is 0 Å². The first-order valence-electron chi connectivity index (χ1n) is 7.02. The van der Waals surface area contributed by atoms with Gasteiger partial charge < -0.3 is 20.4 Å². The fraction of sp³-hybridized carbons (Fsp3) is 0.571. The highest BCUT2D eigenvalue weighted by Gasteiger charge is 2.19. The van der Waals surface area contributed by atoms with Gasteiger partial charge in [-0.25, -0.2) is 4.79 Å². The lowest BCUT2D eigenvalue weighted by atomic mass is 10.2. The molecular weight excluding hydrogens is 258 g/mol. The zero-order chi connectivity index (χ0) is 14.5. The summed E-state index contributed by atoms with van der Waals surface area (Å²) in [7, 11) is 0. The molecule has 110 valence electrons. The molecule has 0 spiro atoms. The van der Waals surface area contributed by atoms with Crippen LogP contribution in [-0.4, -0.2) is 29.1 Å². The molecule has 1 aliphatic rings. The minimum Gasteiger partial charge on any atom is -0.451 e. The lowest BCUT2D eigenvalue weighted by Crippen LogP contribution is -2.36. The first-order valence-corrected chi connectivity index (χ1v) is 7.02. The van der Waals surface area contributed by atoms with Gasteiger partial charge in [-0.05, 0) is 25.8 Å². The van der Waals surface area contributed by atoms with Crippen LogP contribution in [0.4, 0.5) is 5.69 Å². The lowest BCUT2D eigenvalue weighted by Gasteiger charge is -2.12. The number of carbonyl (C=O) groups is 2. The normalized spacial score (nSPS) is 15.2. The van der Waals surface area contributed by atoms with Gasteiger partial charge in [0.15, 0.2) is 6.61 Å². The van der Waals surface area contributed by atoms with E-state index in [1.807, 2.05) is 6.92 Å². The number of amides is 1. The largest absolute Gasteiger partial charge is 0.451 e. The summed E-state index contributed by atoms with van der Waals surface area (Å²) in [6.07, 6.45) is 5.99. The second kappa shape index (κ2) is 6.45. The summed E-state index contributed by atoms with van der Waals surface area (Å²) in [5.41, 5.74) is 6.53. The first-order chi connectivity index (χ1) is 9.60. The van der Waals surface area contributed by atoms with E-state index in [9.17, 15) is 9.59 Å². The second-order valence-electron chi connectivity index (χ2n) is 5.07. The smallest absolute Gasteiger partial charge is 0.355 e. The number of esters is 1. The van der Waals surface area contributed by atoms with Crippen molar-refractivity contribution in [1.82, 2.24) is 9.88 Å². The zero-order valence-electron chi connectivity index (χ0n) is 11.7. The number of hydrogen-bond acceptors (Lipinski definition) is 4. The van der Waals surface area contributed by atoms with Crippen molar-refractivity contribution in [3.63, 3.8) is 0 Å². The number of carbonyl (C=O) groups excluding carboxylic acids is 2. The monoisotopic (exact) mass is 279 g/mol. The van der Waals surface area contributed by atoms with Crippen LogP contribution in [0.25, 0.3) is 0 Å². The highest BCUT2D eigenvalue weighted by molar-refractivity contribution is 5.91. The second-order valence-corrected chi connectivity index (χ2v) is 5.07. The van der Waals surface area contributed by atoms with E-state index in [0.29, 0.717) is 17.9 Å². The van der Waals surface area contributed by atoms with Crippen molar-refractivity contribution >= 4 is 17.6 Å². The lowest BCUT2D eigenvalue weighted by molar-refractivity contribution is -0.124. The third-order valence-electron chi connectivity index (χ3n) is 3.52. The van der Waals surface area contributed by atoms with E-state index >= 15 is 0 Å². The number of rotatable bonds is 5. The molecule has 1 aromatic heterocycles. The van der Waals surface area contributed by atoms with E-state index in [0.717, 1.165) is 25.7 Å². The predicted octanol–water partition coefficient (Wildman–Crippen LogP) is 1.31. The topological polar surface area (TPSA) is 86.3 Å². The molecule has 1 fully saturated rings. The van der Waals surface area contributed by atoms with Crippen LogP contribution >= 0.6 is 0 Å². The summed E-state index contributed by atoms with van der Waals surface area (Å²) in [5.74, 6) is -0.766. The number of nitrogen functional groups attached to an aromatic ring is 1. The van der Waals surface area contributed by atoms with E-state index in [2.05, 4.69) is 5.32 Å². The molecule has 0 radical (unpaired) electrons. The maximum absolute atomic E-state index is 11.9. The molecule has 0 aliphatic heterocycles. The predicted molar refractivity (Wildman–Crippen MR) is 75.2 cm³/mol. The van der Waals surface area contributed by atoms with E-state index < -0.39 is 5.97 Å². The molecular formula is C14H21N3O3. The van der Waals surface area contributed by atoms with Gasteiger partial charge in [0.05, 0.1) is 5.69 Å². The Morgan fingerprint density at radius 2 is 2.15 bits per heavy atom. The fourth-order valence-electron chi connectivity index (χ4n) is 2.51. The maximum atomic E-state index is 11.9. The van der Waals surface area contributed by atoms with Gasteiger partial charge in [0.25, 0.3) is 5.91 Å². The number of nitrogens with one attached hydrogen (secondary N) is 1. The van der Waals surface area contributed by atoms with Gasteiger partial charge in [0.2, 0.25) is 0 Å². The Labute approximate surface area is 118 Å². The van der Waals surface area contributed by atoms with Crippen LogP contribution in [0.1, 0.15) is 43.1 Å². The van der Waals surface area contributed by atoms with Crippen molar-refractivity contribution in [3.05, 3.63) is 18.0 Å². The van der Waals surface area contributed by atoms with Gasteiger partial charge in [0.1, 0.15) is 5.69 Å². The number of ether oxygens (including phenoxy) is 1. The molecule has 20 heavy (non-hydrogen) atoms. The number of aryl methyl sites for hydroxylation is 1.